The fourth-order valence-corrected chi connectivity index (χ4v) is 8.35. The number of carbonyl (C=O) groups excluding carboxylic acids is 2. The molecule has 9 aromatic rings. The summed E-state index contributed by atoms with van der Waals surface area (Å²) in [5.74, 6) is -2.17. The molecule has 1 aliphatic rings. The summed E-state index contributed by atoms with van der Waals surface area (Å²) in [5, 5.41) is 20.3. The van der Waals surface area contributed by atoms with Crippen molar-refractivity contribution in [1.29, 1.82) is 0 Å². The molecule has 1 N–H and O–H groups in total. The van der Waals surface area contributed by atoms with E-state index in [4.69, 9.17) is 14.2 Å². The Labute approximate surface area is 326 Å². The Morgan fingerprint density at radius 1 is 0.491 bits per heavy atom. The van der Waals surface area contributed by atoms with Crippen LogP contribution in [-0.2, 0) is 9.59 Å². The van der Waals surface area contributed by atoms with Gasteiger partial charge in [0, 0.05) is 38.2 Å². The highest BCUT2D eigenvalue weighted by molar-refractivity contribution is 6.07. The Kier molecular flexibility index (Phi) is 8.64. The molecule has 3 aromatic heterocycles. The van der Waals surface area contributed by atoms with Crippen LogP contribution in [0.1, 0.15) is 19.3 Å². The van der Waals surface area contributed by atoms with Crippen LogP contribution in [0.25, 0.3) is 65.0 Å². The lowest BCUT2D eigenvalue weighted by atomic mass is 9.74. The Morgan fingerprint density at radius 3 is 1.30 bits per heavy atom. The predicted octanol–water partition coefficient (Wildman–Crippen LogP) is 9.73. The van der Waals surface area contributed by atoms with Crippen LogP contribution in [0.3, 0.4) is 0 Å². The van der Waals surface area contributed by atoms with E-state index >= 15 is 0 Å². The van der Waals surface area contributed by atoms with Gasteiger partial charge in [-0.2, -0.15) is 0 Å². The van der Waals surface area contributed by atoms with Crippen molar-refractivity contribution in [1.82, 2.24) is 15.0 Å². The lowest BCUT2D eigenvalue weighted by molar-refractivity contribution is -0.151. The molecule has 0 bridgehead atoms. The number of nitrogens with zero attached hydrogens (tertiary/aromatic N) is 3. The Bertz CT molecular complexity index is 2900. The van der Waals surface area contributed by atoms with Crippen molar-refractivity contribution in [3.63, 3.8) is 0 Å². The topological polar surface area (TPSA) is 121 Å². The predicted molar refractivity (Wildman–Crippen MR) is 220 cm³/mol. The van der Waals surface area contributed by atoms with Gasteiger partial charge in [-0.25, -0.2) is 0 Å². The second-order valence-electron chi connectivity index (χ2n) is 14.8. The van der Waals surface area contributed by atoms with Crippen LogP contribution in [0.5, 0.6) is 17.2 Å². The average molecular weight is 750 g/mol. The van der Waals surface area contributed by atoms with Gasteiger partial charge in [0.1, 0.15) is 17.2 Å². The van der Waals surface area contributed by atoms with Crippen molar-refractivity contribution < 1.29 is 28.9 Å². The number of aliphatic hydroxyl groups is 1. The first-order chi connectivity index (χ1) is 27.9. The van der Waals surface area contributed by atoms with Gasteiger partial charge in [-0.1, -0.05) is 109 Å². The van der Waals surface area contributed by atoms with Crippen molar-refractivity contribution in [2.24, 2.45) is 17.8 Å². The molecule has 0 radical (unpaired) electrons. The summed E-state index contributed by atoms with van der Waals surface area (Å²) < 4.78 is 18.0. The minimum Gasteiger partial charge on any atom is -0.463 e. The van der Waals surface area contributed by atoms with Crippen molar-refractivity contribution in [3.8, 4) is 17.2 Å². The largest absolute Gasteiger partial charge is 0.463 e. The molecule has 3 atom stereocenters. The van der Waals surface area contributed by atoms with Gasteiger partial charge in [-0.3, -0.25) is 24.5 Å². The molecule has 0 amide bonds. The van der Waals surface area contributed by atoms with Gasteiger partial charge in [-0.05, 0) is 53.6 Å². The molecule has 1 aliphatic carbocycles. The number of ether oxygens (including phenoxy) is 3. The second-order valence-corrected chi connectivity index (χ2v) is 14.8. The standard InChI is InChI=1S/C48H35N3O6/c52-46(55-37-22-31-16-13-28-7-1-4-10-40(28)43(31)49-25-37)34-19-35(47(53)56-38-23-32-17-14-29-8-2-5-11-41(29)44(32)50-26-38)21-36(20-34)48(54)57-39-24-33-18-15-30-9-3-6-12-42(30)45(33)51-27-39/h1-18,22-27,34-36,46,52H,19-21H2. The highest BCUT2D eigenvalue weighted by atomic mass is 16.6. The van der Waals surface area contributed by atoms with Gasteiger partial charge in [0.15, 0.2) is 6.29 Å². The number of rotatable bonds is 7. The van der Waals surface area contributed by atoms with Gasteiger partial charge < -0.3 is 19.3 Å². The maximum absolute atomic E-state index is 13.9. The zero-order valence-electron chi connectivity index (χ0n) is 30.6. The lowest BCUT2D eigenvalue weighted by Crippen LogP contribution is -2.40. The zero-order valence-corrected chi connectivity index (χ0v) is 30.6. The molecule has 0 aliphatic heterocycles. The van der Waals surface area contributed by atoms with Gasteiger partial charge in [0.05, 0.1) is 47.0 Å². The normalized spacial score (nSPS) is 17.6. The van der Waals surface area contributed by atoms with E-state index in [1.807, 2.05) is 115 Å². The van der Waals surface area contributed by atoms with Crippen LogP contribution in [-0.4, -0.2) is 38.3 Å². The number of carbonyl (C=O) groups is 2. The summed E-state index contributed by atoms with van der Waals surface area (Å²) >= 11 is 0. The van der Waals surface area contributed by atoms with Gasteiger partial charge >= 0.3 is 11.9 Å². The first-order valence-electron chi connectivity index (χ1n) is 19.0. The quantitative estimate of drug-likeness (QED) is 0.0965. The van der Waals surface area contributed by atoms with E-state index in [2.05, 4.69) is 15.0 Å². The fraction of sp³-hybridized carbons (Fsp3) is 0.146. The molecular formula is C48H35N3O6. The maximum atomic E-state index is 13.9. The Balaban J connectivity index is 0.915. The van der Waals surface area contributed by atoms with E-state index in [0.29, 0.717) is 17.2 Å². The van der Waals surface area contributed by atoms with E-state index in [9.17, 15) is 14.7 Å². The summed E-state index contributed by atoms with van der Waals surface area (Å²) in [6, 6.07) is 41.3. The van der Waals surface area contributed by atoms with E-state index < -0.39 is 36.0 Å². The SMILES string of the molecule is O=C(Oc1cnc2c(ccc3ccccc32)c1)C1CC(C(=O)Oc2cnc3c(ccc4ccccc43)c2)CC(C(O)Oc2cnc3c(ccc4ccccc43)c2)C1. The fourth-order valence-electron chi connectivity index (χ4n) is 8.35. The highest BCUT2D eigenvalue weighted by Gasteiger charge is 2.41. The number of fused-ring (bicyclic) bond motifs is 9. The minimum absolute atomic E-state index is 0.169. The molecule has 0 spiro atoms. The highest BCUT2D eigenvalue weighted by Crippen LogP contribution is 2.39. The van der Waals surface area contributed by atoms with Crippen LogP contribution < -0.4 is 14.2 Å². The van der Waals surface area contributed by atoms with Crippen LogP contribution in [0, 0.1) is 17.8 Å². The van der Waals surface area contributed by atoms with Gasteiger partial charge in [-0.15, -0.1) is 0 Å². The number of hydrogen-bond donors (Lipinski definition) is 1. The van der Waals surface area contributed by atoms with E-state index in [1.165, 1.54) is 0 Å². The molecule has 278 valence electrons. The molecule has 0 saturated heterocycles. The number of pyridine rings is 3. The smallest absolute Gasteiger partial charge is 0.314 e. The van der Waals surface area contributed by atoms with Crippen molar-refractivity contribution >= 4 is 77.0 Å². The van der Waals surface area contributed by atoms with E-state index in [-0.39, 0.29) is 19.3 Å². The molecule has 6 aromatic carbocycles. The number of hydrogen-bond acceptors (Lipinski definition) is 9. The Hall–Kier alpha value is -6.97. The number of esters is 2. The Morgan fingerprint density at radius 2 is 0.860 bits per heavy atom. The molecule has 9 nitrogen and oxygen atoms in total. The summed E-state index contributed by atoms with van der Waals surface area (Å²) in [6.07, 6.45) is 3.96. The maximum Gasteiger partial charge on any atom is 0.314 e. The summed E-state index contributed by atoms with van der Waals surface area (Å²) in [4.78, 5) is 41.8. The number of benzene rings is 6. The van der Waals surface area contributed by atoms with Gasteiger partial charge in [0.25, 0.3) is 0 Å². The third-order valence-electron chi connectivity index (χ3n) is 11.2. The van der Waals surface area contributed by atoms with Crippen molar-refractivity contribution in [2.75, 3.05) is 0 Å². The summed E-state index contributed by atoms with van der Waals surface area (Å²) in [6.45, 7) is 0. The third-order valence-corrected chi connectivity index (χ3v) is 11.2. The average Bonchev–Trinajstić information content (AvgIpc) is 3.25. The molecular weight excluding hydrogens is 715 g/mol. The van der Waals surface area contributed by atoms with Crippen molar-refractivity contribution in [2.45, 2.75) is 25.6 Å². The first kappa shape index (κ1) is 34.5. The lowest BCUT2D eigenvalue weighted by Gasteiger charge is -2.34. The van der Waals surface area contributed by atoms with Crippen LogP contribution >= 0.6 is 0 Å². The third kappa shape index (κ3) is 6.62. The van der Waals surface area contributed by atoms with Crippen LogP contribution in [0.2, 0.25) is 0 Å². The zero-order chi connectivity index (χ0) is 38.5. The molecule has 1 fully saturated rings. The molecule has 57 heavy (non-hydrogen) atoms. The number of aliphatic hydroxyl groups excluding tert-OH is 1. The second kappa shape index (κ2) is 14.3. The van der Waals surface area contributed by atoms with E-state index in [0.717, 1.165) is 65.0 Å². The summed E-state index contributed by atoms with van der Waals surface area (Å²) in [7, 11) is 0. The van der Waals surface area contributed by atoms with Crippen molar-refractivity contribution in [3.05, 3.63) is 146 Å². The van der Waals surface area contributed by atoms with E-state index in [1.54, 1.807) is 30.7 Å². The molecule has 9 heteroatoms. The molecule has 10 rings (SSSR count). The molecule has 1 saturated carbocycles. The van der Waals surface area contributed by atoms with Crippen LogP contribution in [0.15, 0.2) is 146 Å². The summed E-state index contributed by atoms with van der Waals surface area (Å²) in [5.41, 5.74) is 2.44. The first-order valence-corrected chi connectivity index (χ1v) is 19.0. The van der Waals surface area contributed by atoms with Gasteiger partial charge in [0.2, 0.25) is 0 Å². The minimum atomic E-state index is -1.35. The molecule has 3 unspecified atom stereocenters. The molecule has 3 heterocycles. The number of aromatic nitrogens is 3. The monoisotopic (exact) mass is 749 g/mol. The van der Waals surface area contributed by atoms with Crippen LogP contribution in [0.4, 0.5) is 0 Å².